The average Bonchev–Trinajstić information content (AvgIpc) is 3.41. The molecule has 1 heterocycles. The first kappa shape index (κ1) is 22.0. The molecule has 2 N–H and O–H groups in total. The monoisotopic (exact) mass is 451 g/mol. The molecule has 4 aromatic rings. The van der Waals surface area contributed by atoms with Crippen LogP contribution in [-0.2, 0) is 18.6 Å². The molecule has 0 bridgehead atoms. The second-order valence-electron chi connectivity index (χ2n) is 9.00. The van der Waals surface area contributed by atoms with Crippen LogP contribution in [0.1, 0.15) is 58.2 Å². The lowest BCUT2D eigenvalue weighted by Crippen LogP contribution is -2.33. The fraction of sp³-hybridized carbons (Fsp3) is 0.241. The molecule has 0 saturated carbocycles. The Labute approximate surface area is 200 Å². The van der Waals surface area contributed by atoms with Gasteiger partial charge in [-0.3, -0.25) is 4.79 Å². The molecule has 1 aromatic heterocycles. The molecule has 34 heavy (non-hydrogen) atoms. The van der Waals surface area contributed by atoms with Crippen LogP contribution in [0.4, 0.5) is 5.69 Å². The SMILES string of the molecule is Cc1ccc(NCc2c(O[C@@](C)(c3ccccc3)c3ncc[nH]3)ccc3c2CCCC3=O)cc1. The number of rotatable bonds is 7. The molecule has 172 valence electrons. The number of Topliss-reactive ketones (excluding diaryl/α,β-unsaturated/α-hetero) is 1. The van der Waals surface area contributed by atoms with Crippen LogP contribution in [0.2, 0.25) is 0 Å². The Hall–Kier alpha value is -3.86. The summed E-state index contributed by atoms with van der Waals surface area (Å²) in [6.07, 6.45) is 5.88. The molecule has 0 amide bonds. The van der Waals surface area contributed by atoms with E-state index < -0.39 is 5.60 Å². The summed E-state index contributed by atoms with van der Waals surface area (Å²) in [6, 6.07) is 22.3. The fourth-order valence-electron chi connectivity index (χ4n) is 4.68. The topological polar surface area (TPSA) is 67.0 Å². The van der Waals surface area contributed by atoms with Crippen LogP contribution in [0.15, 0.2) is 79.1 Å². The van der Waals surface area contributed by atoms with Gasteiger partial charge in [0.05, 0.1) is 0 Å². The van der Waals surface area contributed by atoms with Crippen molar-refractivity contribution >= 4 is 11.5 Å². The highest BCUT2D eigenvalue weighted by Crippen LogP contribution is 2.38. The predicted molar refractivity (Wildman–Crippen MR) is 134 cm³/mol. The van der Waals surface area contributed by atoms with Crippen molar-refractivity contribution in [3.8, 4) is 5.75 Å². The Bertz CT molecular complexity index is 1280. The number of hydrogen-bond acceptors (Lipinski definition) is 4. The maximum absolute atomic E-state index is 12.7. The molecule has 5 nitrogen and oxygen atoms in total. The molecule has 3 aromatic carbocycles. The van der Waals surface area contributed by atoms with Crippen LogP contribution in [0, 0.1) is 6.92 Å². The predicted octanol–water partition coefficient (Wildman–Crippen LogP) is 6.19. The molecule has 1 aliphatic rings. The molecule has 0 radical (unpaired) electrons. The minimum atomic E-state index is -0.823. The maximum atomic E-state index is 12.7. The number of fused-ring (bicyclic) bond motifs is 1. The lowest BCUT2D eigenvalue weighted by atomic mass is 9.86. The minimum Gasteiger partial charge on any atom is -0.475 e. The van der Waals surface area contributed by atoms with E-state index in [9.17, 15) is 4.79 Å². The number of benzene rings is 3. The molecule has 0 aliphatic heterocycles. The Morgan fingerprint density at radius 1 is 1.03 bits per heavy atom. The van der Waals surface area contributed by atoms with Gasteiger partial charge in [0.15, 0.2) is 17.2 Å². The number of imidazole rings is 1. The van der Waals surface area contributed by atoms with Crippen molar-refractivity contribution in [2.24, 2.45) is 0 Å². The number of anilines is 1. The Morgan fingerprint density at radius 2 is 1.82 bits per heavy atom. The third-order valence-electron chi connectivity index (χ3n) is 6.63. The molecule has 1 atom stereocenters. The molecule has 0 fully saturated rings. The number of carbonyl (C=O) groups is 1. The lowest BCUT2D eigenvalue weighted by molar-refractivity contribution is 0.0971. The van der Waals surface area contributed by atoms with Crippen LogP contribution in [0.3, 0.4) is 0 Å². The van der Waals surface area contributed by atoms with E-state index >= 15 is 0 Å². The number of H-pyrrole nitrogens is 1. The van der Waals surface area contributed by atoms with Crippen molar-refractivity contribution in [2.75, 3.05) is 5.32 Å². The largest absolute Gasteiger partial charge is 0.475 e. The van der Waals surface area contributed by atoms with E-state index in [1.807, 2.05) is 43.5 Å². The minimum absolute atomic E-state index is 0.209. The number of aryl methyl sites for hydroxylation is 1. The number of aromatic amines is 1. The number of hydrogen-bond donors (Lipinski definition) is 2. The highest BCUT2D eigenvalue weighted by molar-refractivity contribution is 5.99. The quantitative estimate of drug-likeness (QED) is 0.351. The van der Waals surface area contributed by atoms with Crippen molar-refractivity contribution in [3.05, 3.63) is 113 Å². The van der Waals surface area contributed by atoms with Gasteiger partial charge in [-0.1, -0.05) is 48.0 Å². The molecular weight excluding hydrogens is 422 g/mol. The van der Waals surface area contributed by atoms with Gasteiger partial charge >= 0.3 is 0 Å². The summed E-state index contributed by atoms with van der Waals surface area (Å²) in [6.45, 7) is 4.68. The first-order valence-electron chi connectivity index (χ1n) is 11.8. The van der Waals surface area contributed by atoms with Gasteiger partial charge in [0.2, 0.25) is 0 Å². The van der Waals surface area contributed by atoms with Gasteiger partial charge in [-0.2, -0.15) is 0 Å². The Morgan fingerprint density at radius 3 is 2.56 bits per heavy atom. The summed E-state index contributed by atoms with van der Waals surface area (Å²) in [4.78, 5) is 20.5. The van der Waals surface area contributed by atoms with Crippen molar-refractivity contribution in [3.63, 3.8) is 0 Å². The third kappa shape index (κ3) is 4.21. The number of ketones is 1. The molecular formula is C29H29N3O2. The number of ether oxygens (including phenoxy) is 1. The van der Waals surface area contributed by atoms with Crippen LogP contribution >= 0.6 is 0 Å². The van der Waals surface area contributed by atoms with E-state index in [0.717, 1.165) is 52.4 Å². The van der Waals surface area contributed by atoms with E-state index in [1.165, 1.54) is 5.56 Å². The summed E-state index contributed by atoms with van der Waals surface area (Å²) in [5, 5.41) is 3.54. The zero-order valence-corrected chi connectivity index (χ0v) is 19.6. The molecule has 5 rings (SSSR count). The van der Waals surface area contributed by atoms with E-state index in [-0.39, 0.29) is 5.78 Å². The summed E-state index contributed by atoms with van der Waals surface area (Å²) in [5.41, 5.74) is 5.36. The average molecular weight is 452 g/mol. The molecule has 1 aliphatic carbocycles. The van der Waals surface area contributed by atoms with Gasteiger partial charge < -0.3 is 15.0 Å². The number of nitrogens with zero attached hydrogens (tertiary/aromatic N) is 1. The summed E-state index contributed by atoms with van der Waals surface area (Å²) >= 11 is 0. The highest BCUT2D eigenvalue weighted by atomic mass is 16.5. The second kappa shape index (κ2) is 9.18. The Balaban J connectivity index is 1.57. The number of nitrogens with one attached hydrogen (secondary N) is 2. The van der Waals surface area contributed by atoms with Gasteiger partial charge in [0.25, 0.3) is 0 Å². The lowest BCUT2D eigenvalue weighted by Gasteiger charge is -2.32. The van der Waals surface area contributed by atoms with Crippen molar-refractivity contribution < 1.29 is 9.53 Å². The van der Waals surface area contributed by atoms with Crippen molar-refractivity contribution in [1.82, 2.24) is 9.97 Å². The summed E-state index contributed by atoms with van der Waals surface area (Å²) in [5.74, 6) is 1.70. The van der Waals surface area contributed by atoms with Gasteiger partial charge in [0.1, 0.15) is 5.75 Å². The Kier molecular flexibility index (Phi) is 5.93. The van der Waals surface area contributed by atoms with Crippen LogP contribution in [0.5, 0.6) is 5.75 Å². The summed E-state index contributed by atoms with van der Waals surface area (Å²) < 4.78 is 6.83. The standard InChI is InChI=1S/C29H29N3O2/c1-20-11-13-22(14-12-20)32-19-25-23-9-6-10-26(33)24(23)15-16-27(25)34-29(2,28-30-17-18-31-28)21-7-4-3-5-8-21/h3-5,7-8,11-18,32H,6,9-10,19H2,1-2H3,(H,30,31)/t29-/m0/s1. The zero-order chi connectivity index (χ0) is 23.5. The van der Waals surface area contributed by atoms with E-state index in [0.29, 0.717) is 13.0 Å². The molecule has 0 spiro atoms. The first-order valence-corrected chi connectivity index (χ1v) is 11.8. The smallest absolute Gasteiger partial charge is 0.188 e. The third-order valence-corrected chi connectivity index (χ3v) is 6.63. The first-order chi connectivity index (χ1) is 16.5. The molecule has 0 unspecified atom stereocenters. The second-order valence-corrected chi connectivity index (χ2v) is 9.00. The highest BCUT2D eigenvalue weighted by Gasteiger charge is 2.35. The maximum Gasteiger partial charge on any atom is 0.188 e. The van der Waals surface area contributed by atoms with Gasteiger partial charge in [-0.25, -0.2) is 4.98 Å². The molecule has 0 saturated heterocycles. The summed E-state index contributed by atoms with van der Waals surface area (Å²) in [7, 11) is 0. The number of aromatic nitrogens is 2. The molecule has 5 heteroatoms. The van der Waals surface area contributed by atoms with Gasteiger partial charge in [-0.05, 0) is 56.5 Å². The van der Waals surface area contributed by atoms with Crippen LogP contribution < -0.4 is 10.1 Å². The van der Waals surface area contributed by atoms with E-state index in [1.54, 1.807) is 6.20 Å². The number of carbonyl (C=O) groups excluding carboxylic acids is 1. The van der Waals surface area contributed by atoms with E-state index in [4.69, 9.17) is 4.74 Å². The fourth-order valence-corrected chi connectivity index (χ4v) is 4.68. The van der Waals surface area contributed by atoms with Crippen molar-refractivity contribution in [1.29, 1.82) is 0 Å². The van der Waals surface area contributed by atoms with Crippen LogP contribution in [-0.4, -0.2) is 15.8 Å². The van der Waals surface area contributed by atoms with Crippen molar-refractivity contribution in [2.45, 2.75) is 45.3 Å². The van der Waals surface area contributed by atoms with E-state index in [2.05, 4.69) is 58.6 Å². The normalized spacial score (nSPS) is 14.8. The zero-order valence-electron chi connectivity index (χ0n) is 19.6. The van der Waals surface area contributed by atoms with Gasteiger partial charge in [0, 0.05) is 47.7 Å². The van der Waals surface area contributed by atoms with Crippen LogP contribution in [0.25, 0.3) is 0 Å². The van der Waals surface area contributed by atoms with Gasteiger partial charge in [-0.15, -0.1) is 0 Å².